The standard InChI is InChI=1S/C17H13ClFN3OS/c1-2-22-16(23)14(10-11-5-3-6-12(19)9-11)24-17(22)21-13-7-4-8-20-15(13)18/h3-10H,2H2,1H3/b14-10-,21-17?. The van der Waals surface area contributed by atoms with Gasteiger partial charge in [0.2, 0.25) is 0 Å². The van der Waals surface area contributed by atoms with Crippen LogP contribution in [0.3, 0.4) is 0 Å². The van der Waals surface area contributed by atoms with Crippen LogP contribution in [-0.4, -0.2) is 27.5 Å². The first-order valence-electron chi connectivity index (χ1n) is 7.24. The number of benzene rings is 1. The van der Waals surface area contributed by atoms with Crippen molar-refractivity contribution in [3.05, 3.63) is 64.0 Å². The van der Waals surface area contributed by atoms with E-state index in [-0.39, 0.29) is 16.9 Å². The number of nitrogens with zero attached hydrogens (tertiary/aromatic N) is 3. The van der Waals surface area contributed by atoms with Crippen molar-refractivity contribution in [1.82, 2.24) is 9.88 Å². The summed E-state index contributed by atoms with van der Waals surface area (Å²) in [5.41, 5.74) is 1.13. The molecular weight excluding hydrogens is 349 g/mol. The van der Waals surface area contributed by atoms with Crippen LogP contribution in [0.5, 0.6) is 0 Å². The number of amides is 1. The second-order valence-corrected chi connectivity index (χ2v) is 6.29. The fraction of sp³-hybridized carbons (Fsp3) is 0.118. The average Bonchev–Trinajstić information content (AvgIpc) is 2.85. The normalized spacial score (nSPS) is 18.0. The quantitative estimate of drug-likeness (QED) is 0.597. The number of aliphatic imine (C=N–C) groups is 1. The van der Waals surface area contributed by atoms with Crippen molar-refractivity contribution >= 4 is 46.2 Å². The Bertz CT molecular complexity index is 853. The molecule has 1 aliphatic heterocycles. The van der Waals surface area contributed by atoms with Gasteiger partial charge in [0, 0.05) is 12.7 Å². The molecule has 1 amide bonds. The largest absolute Gasteiger partial charge is 0.287 e. The molecular formula is C17H13ClFN3OS. The molecule has 3 rings (SSSR count). The van der Waals surface area contributed by atoms with Gasteiger partial charge in [-0.25, -0.2) is 14.4 Å². The van der Waals surface area contributed by atoms with Gasteiger partial charge in [0.05, 0.1) is 4.91 Å². The van der Waals surface area contributed by atoms with E-state index in [0.29, 0.717) is 27.9 Å². The number of carbonyl (C=O) groups is 1. The molecule has 122 valence electrons. The minimum atomic E-state index is -0.344. The molecule has 2 aromatic rings. The molecule has 1 fully saturated rings. The summed E-state index contributed by atoms with van der Waals surface area (Å²) in [6.07, 6.45) is 3.23. The van der Waals surface area contributed by atoms with Crippen molar-refractivity contribution in [2.75, 3.05) is 6.54 Å². The molecule has 0 spiro atoms. The maximum Gasteiger partial charge on any atom is 0.266 e. The zero-order valence-electron chi connectivity index (χ0n) is 12.7. The number of halogens is 2. The highest BCUT2D eigenvalue weighted by molar-refractivity contribution is 8.18. The number of thioether (sulfide) groups is 1. The Hall–Kier alpha value is -2.18. The molecule has 0 radical (unpaired) electrons. The molecule has 1 saturated heterocycles. The van der Waals surface area contributed by atoms with Crippen LogP contribution in [0, 0.1) is 5.82 Å². The molecule has 4 nitrogen and oxygen atoms in total. The minimum Gasteiger partial charge on any atom is -0.287 e. The van der Waals surface area contributed by atoms with Gasteiger partial charge in [-0.2, -0.15) is 0 Å². The summed E-state index contributed by atoms with van der Waals surface area (Å²) in [6.45, 7) is 2.34. The lowest BCUT2D eigenvalue weighted by atomic mass is 10.2. The Morgan fingerprint density at radius 3 is 2.92 bits per heavy atom. The van der Waals surface area contributed by atoms with Crippen molar-refractivity contribution < 1.29 is 9.18 Å². The highest BCUT2D eigenvalue weighted by Gasteiger charge is 2.32. The fourth-order valence-corrected chi connectivity index (χ4v) is 3.40. The third-order valence-corrected chi connectivity index (χ3v) is 4.60. The Kier molecular flexibility index (Phi) is 4.97. The Morgan fingerprint density at radius 2 is 2.21 bits per heavy atom. The first kappa shape index (κ1) is 16.7. The van der Waals surface area contributed by atoms with Gasteiger partial charge < -0.3 is 0 Å². The van der Waals surface area contributed by atoms with Crippen LogP contribution in [0.4, 0.5) is 10.1 Å². The van der Waals surface area contributed by atoms with Crippen molar-refractivity contribution in [2.45, 2.75) is 6.92 Å². The summed E-state index contributed by atoms with van der Waals surface area (Å²) in [4.78, 5) is 23.0. The highest BCUT2D eigenvalue weighted by Crippen LogP contribution is 2.35. The van der Waals surface area contributed by atoms with Gasteiger partial charge in [0.1, 0.15) is 11.5 Å². The van der Waals surface area contributed by atoms with Gasteiger partial charge >= 0.3 is 0 Å². The summed E-state index contributed by atoms with van der Waals surface area (Å²) in [5, 5.41) is 0.803. The smallest absolute Gasteiger partial charge is 0.266 e. The third-order valence-electron chi connectivity index (χ3n) is 3.31. The molecule has 0 N–H and O–H groups in total. The average molecular weight is 362 g/mol. The number of amidine groups is 1. The van der Waals surface area contributed by atoms with E-state index in [1.54, 1.807) is 41.4 Å². The van der Waals surface area contributed by atoms with Gasteiger partial charge in [0.15, 0.2) is 10.3 Å². The number of hydrogen-bond donors (Lipinski definition) is 0. The monoisotopic (exact) mass is 361 g/mol. The first-order chi connectivity index (χ1) is 11.6. The summed E-state index contributed by atoms with van der Waals surface area (Å²) < 4.78 is 13.3. The predicted molar refractivity (Wildman–Crippen MR) is 95.7 cm³/mol. The van der Waals surface area contributed by atoms with Crippen molar-refractivity contribution in [3.63, 3.8) is 0 Å². The Morgan fingerprint density at radius 1 is 1.38 bits per heavy atom. The van der Waals surface area contributed by atoms with E-state index in [0.717, 1.165) is 0 Å². The maximum absolute atomic E-state index is 13.3. The Balaban J connectivity index is 1.96. The second kappa shape index (κ2) is 7.15. The van der Waals surface area contributed by atoms with Gasteiger partial charge in [-0.1, -0.05) is 23.7 Å². The van der Waals surface area contributed by atoms with Crippen molar-refractivity contribution in [3.8, 4) is 0 Å². The molecule has 1 aliphatic rings. The van der Waals surface area contributed by atoms with E-state index in [1.165, 1.54) is 23.9 Å². The molecule has 24 heavy (non-hydrogen) atoms. The van der Waals surface area contributed by atoms with Crippen LogP contribution < -0.4 is 0 Å². The molecule has 2 heterocycles. The zero-order valence-corrected chi connectivity index (χ0v) is 14.3. The molecule has 1 aromatic carbocycles. The van der Waals surface area contributed by atoms with Gasteiger partial charge in [0.25, 0.3) is 5.91 Å². The zero-order chi connectivity index (χ0) is 17.1. The predicted octanol–water partition coefficient (Wildman–Crippen LogP) is 4.50. The lowest BCUT2D eigenvalue weighted by Crippen LogP contribution is -2.28. The maximum atomic E-state index is 13.3. The number of rotatable bonds is 3. The lowest BCUT2D eigenvalue weighted by molar-refractivity contribution is -0.122. The molecule has 0 aliphatic carbocycles. The summed E-state index contributed by atoms with van der Waals surface area (Å²) in [5.74, 6) is -0.506. The Labute approximate surface area is 148 Å². The molecule has 0 bridgehead atoms. The number of likely N-dealkylation sites (N-methyl/N-ethyl adjacent to an activating group) is 1. The molecule has 1 aromatic heterocycles. The third kappa shape index (κ3) is 3.49. The van der Waals surface area contributed by atoms with Crippen molar-refractivity contribution in [2.24, 2.45) is 4.99 Å². The van der Waals surface area contributed by atoms with Gasteiger partial charge in [-0.15, -0.1) is 0 Å². The van der Waals surface area contributed by atoms with E-state index in [9.17, 15) is 9.18 Å². The molecule has 0 saturated carbocycles. The van der Waals surface area contributed by atoms with E-state index >= 15 is 0 Å². The fourth-order valence-electron chi connectivity index (χ4n) is 2.18. The number of hydrogen-bond acceptors (Lipinski definition) is 4. The van der Waals surface area contributed by atoms with E-state index < -0.39 is 0 Å². The van der Waals surface area contributed by atoms with Crippen LogP contribution in [0.2, 0.25) is 5.15 Å². The summed E-state index contributed by atoms with van der Waals surface area (Å²) in [6, 6.07) is 9.55. The van der Waals surface area contributed by atoms with E-state index in [2.05, 4.69) is 9.98 Å². The van der Waals surface area contributed by atoms with Crippen LogP contribution >= 0.6 is 23.4 Å². The van der Waals surface area contributed by atoms with Gasteiger partial charge in [-0.05, 0) is 54.6 Å². The topological polar surface area (TPSA) is 45.6 Å². The van der Waals surface area contributed by atoms with Gasteiger partial charge in [-0.3, -0.25) is 9.69 Å². The second-order valence-electron chi connectivity index (χ2n) is 4.92. The van der Waals surface area contributed by atoms with Crippen LogP contribution in [0.15, 0.2) is 52.5 Å². The summed E-state index contributed by atoms with van der Waals surface area (Å²) in [7, 11) is 0. The van der Waals surface area contributed by atoms with E-state index in [1.807, 2.05) is 6.92 Å². The first-order valence-corrected chi connectivity index (χ1v) is 8.44. The van der Waals surface area contributed by atoms with Crippen molar-refractivity contribution in [1.29, 1.82) is 0 Å². The van der Waals surface area contributed by atoms with Crippen LogP contribution in [0.25, 0.3) is 6.08 Å². The highest BCUT2D eigenvalue weighted by atomic mass is 35.5. The molecule has 7 heteroatoms. The minimum absolute atomic E-state index is 0.162. The van der Waals surface area contributed by atoms with Crippen LogP contribution in [-0.2, 0) is 4.79 Å². The molecule has 0 unspecified atom stereocenters. The number of pyridine rings is 1. The summed E-state index contributed by atoms with van der Waals surface area (Å²) >= 11 is 7.26. The molecule has 0 atom stereocenters. The number of carbonyl (C=O) groups excluding carboxylic acids is 1. The lowest BCUT2D eigenvalue weighted by Gasteiger charge is -2.12. The van der Waals surface area contributed by atoms with Crippen LogP contribution in [0.1, 0.15) is 12.5 Å². The van der Waals surface area contributed by atoms with E-state index in [4.69, 9.17) is 11.6 Å². The number of aromatic nitrogens is 1. The SMILES string of the molecule is CCN1C(=O)/C(=C/c2cccc(F)c2)SC1=Nc1cccnc1Cl.